The molecule has 35 heavy (non-hydrogen) atoms. The maximum Gasteiger partial charge on any atom is 0.327 e. The molecule has 0 radical (unpaired) electrons. The van der Waals surface area contributed by atoms with Crippen LogP contribution in [0.3, 0.4) is 0 Å². The number of imidazole rings is 1. The first-order valence-electron chi connectivity index (χ1n) is 12.5. The van der Waals surface area contributed by atoms with E-state index in [1.807, 2.05) is 6.07 Å². The Labute approximate surface area is 202 Å². The predicted molar refractivity (Wildman–Crippen MR) is 131 cm³/mol. The van der Waals surface area contributed by atoms with Crippen molar-refractivity contribution in [2.24, 2.45) is 23.2 Å². The van der Waals surface area contributed by atoms with Gasteiger partial charge in [-0.05, 0) is 79.9 Å². The Morgan fingerprint density at radius 1 is 1.11 bits per heavy atom. The highest BCUT2D eigenvalue weighted by atomic mass is 16.4. The van der Waals surface area contributed by atoms with Gasteiger partial charge in [-0.2, -0.15) is 0 Å². The van der Waals surface area contributed by atoms with Gasteiger partial charge >= 0.3 is 5.97 Å². The van der Waals surface area contributed by atoms with Crippen LogP contribution in [0.5, 0.6) is 0 Å². The standard InChI is InChI=1S/C27H30N4O4/c32-24(13-27-10-16-6-17(11-27)8-18(7-16)12-27)30-22-3-1-2-21-20(22)4-5-31(25(21)33)23(26(34)35)9-19-14-28-15-29-19/h1-5,14-18,23H,6-13H2,(H,28,29)(H,30,32)(H,34,35)/t16?,17?,18?,23-,27?/m1/s1. The molecule has 3 aromatic rings. The third-order valence-corrected chi connectivity index (χ3v) is 8.54. The van der Waals surface area contributed by atoms with Crippen LogP contribution in [0, 0.1) is 23.2 Å². The number of nitrogens with one attached hydrogen (secondary N) is 2. The van der Waals surface area contributed by atoms with Crippen molar-refractivity contribution in [3.63, 3.8) is 0 Å². The van der Waals surface area contributed by atoms with E-state index in [1.165, 1.54) is 55.6 Å². The molecular formula is C27H30N4O4. The molecule has 2 aromatic heterocycles. The Balaban J connectivity index is 1.25. The van der Waals surface area contributed by atoms with Gasteiger partial charge in [0.05, 0.1) is 6.33 Å². The zero-order chi connectivity index (χ0) is 24.2. The van der Waals surface area contributed by atoms with E-state index in [0.717, 1.165) is 17.8 Å². The van der Waals surface area contributed by atoms with Gasteiger partial charge in [-0.3, -0.25) is 9.59 Å². The molecule has 4 bridgehead atoms. The van der Waals surface area contributed by atoms with E-state index < -0.39 is 17.6 Å². The molecule has 4 saturated carbocycles. The maximum atomic E-state index is 13.3. The molecule has 4 aliphatic carbocycles. The van der Waals surface area contributed by atoms with E-state index in [-0.39, 0.29) is 17.7 Å². The number of benzene rings is 1. The molecular weight excluding hydrogens is 444 g/mol. The third kappa shape index (κ3) is 4.05. The lowest BCUT2D eigenvalue weighted by Gasteiger charge is -2.56. The number of hydrogen-bond acceptors (Lipinski definition) is 4. The first-order valence-corrected chi connectivity index (χ1v) is 12.5. The molecule has 0 aliphatic heterocycles. The van der Waals surface area contributed by atoms with E-state index in [2.05, 4.69) is 15.3 Å². The second kappa shape index (κ2) is 8.36. The van der Waals surface area contributed by atoms with Crippen molar-refractivity contribution in [3.05, 3.63) is 59.0 Å². The molecule has 3 N–H and O–H groups in total. The number of aromatic amines is 1. The summed E-state index contributed by atoms with van der Waals surface area (Å²) in [6, 6.07) is 5.88. The van der Waals surface area contributed by atoms with Crippen LogP contribution >= 0.6 is 0 Å². The van der Waals surface area contributed by atoms with Crippen molar-refractivity contribution in [1.82, 2.24) is 14.5 Å². The topological polar surface area (TPSA) is 117 Å². The molecule has 8 heteroatoms. The van der Waals surface area contributed by atoms with Gasteiger partial charge in [-0.1, -0.05) is 6.07 Å². The molecule has 4 aliphatic rings. The highest BCUT2D eigenvalue weighted by Crippen LogP contribution is 2.61. The van der Waals surface area contributed by atoms with Crippen molar-refractivity contribution in [1.29, 1.82) is 0 Å². The highest BCUT2D eigenvalue weighted by Gasteiger charge is 2.51. The van der Waals surface area contributed by atoms with Gasteiger partial charge in [-0.15, -0.1) is 0 Å². The average Bonchev–Trinajstić information content (AvgIpc) is 3.30. The summed E-state index contributed by atoms with van der Waals surface area (Å²) in [6.45, 7) is 0. The summed E-state index contributed by atoms with van der Waals surface area (Å²) in [5.74, 6) is 1.27. The van der Waals surface area contributed by atoms with E-state index in [4.69, 9.17) is 0 Å². The number of pyridine rings is 1. The van der Waals surface area contributed by atoms with Gasteiger partial charge in [0.2, 0.25) is 5.91 Å². The summed E-state index contributed by atoms with van der Waals surface area (Å²) < 4.78 is 1.24. The van der Waals surface area contributed by atoms with Crippen LogP contribution in [0.1, 0.15) is 56.7 Å². The van der Waals surface area contributed by atoms with Crippen molar-refractivity contribution < 1.29 is 14.7 Å². The van der Waals surface area contributed by atoms with Gasteiger partial charge in [0.15, 0.2) is 0 Å². The van der Waals surface area contributed by atoms with Crippen molar-refractivity contribution in [2.45, 2.75) is 57.4 Å². The van der Waals surface area contributed by atoms with Gasteiger partial charge in [0.1, 0.15) is 6.04 Å². The Bertz CT molecular complexity index is 1310. The number of fused-ring (bicyclic) bond motifs is 1. The Morgan fingerprint density at radius 3 is 2.46 bits per heavy atom. The lowest BCUT2D eigenvalue weighted by Crippen LogP contribution is -2.47. The zero-order valence-electron chi connectivity index (χ0n) is 19.6. The summed E-state index contributed by atoms with van der Waals surface area (Å²) in [5.41, 5.74) is 0.973. The minimum Gasteiger partial charge on any atom is -0.480 e. The van der Waals surface area contributed by atoms with Gasteiger partial charge in [0.25, 0.3) is 5.56 Å². The van der Waals surface area contributed by atoms with E-state index >= 15 is 0 Å². The number of carboxylic acids is 1. The zero-order valence-corrected chi connectivity index (χ0v) is 19.6. The lowest BCUT2D eigenvalue weighted by atomic mass is 9.49. The van der Waals surface area contributed by atoms with Gasteiger partial charge < -0.3 is 20.0 Å². The fourth-order valence-electron chi connectivity index (χ4n) is 7.60. The third-order valence-electron chi connectivity index (χ3n) is 8.54. The van der Waals surface area contributed by atoms with Crippen LogP contribution in [-0.2, 0) is 16.0 Å². The Hall–Kier alpha value is -3.42. The number of hydrogen-bond donors (Lipinski definition) is 3. The molecule has 0 unspecified atom stereocenters. The number of aliphatic carboxylic acids is 1. The number of rotatable bonds is 7. The minimum absolute atomic E-state index is 0.00582. The molecule has 0 spiro atoms. The molecule has 8 nitrogen and oxygen atoms in total. The Kier molecular flexibility index (Phi) is 5.27. The summed E-state index contributed by atoms with van der Waals surface area (Å²) in [6.07, 6.45) is 12.7. The van der Waals surface area contributed by atoms with Crippen LogP contribution < -0.4 is 10.9 Å². The van der Waals surface area contributed by atoms with Crippen molar-refractivity contribution >= 4 is 28.3 Å². The second-order valence-corrected chi connectivity index (χ2v) is 11.1. The van der Waals surface area contributed by atoms with Crippen LogP contribution in [0.15, 0.2) is 47.8 Å². The average molecular weight is 475 g/mol. The molecule has 7 rings (SSSR count). The Morgan fingerprint density at radius 2 is 1.83 bits per heavy atom. The molecule has 2 heterocycles. The summed E-state index contributed by atoms with van der Waals surface area (Å²) in [4.78, 5) is 45.3. The molecule has 1 aromatic carbocycles. The summed E-state index contributed by atoms with van der Waals surface area (Å²) >= 11 is 0. The summed E-state index contributed by atoms with van der Waals surface area (Å²) in [7, 11) is 0. The first-order chi connectivity index (χ1) is 16.9. The quantitative estimate of drug-likeness (QED) is 0.476. The second-order valence-electron chi connectivity index (χ2n) is 11.1. The fourth-order valence-corrected chi connectivity index (χ4v) is 7.60. The molecule has 182 valence electrons. The predicted octanol–water partition coefficient (Wildman–Crippen LogP) is 4.14. The lowest BCUT2D eigenvalue weighted by molar-refractivity contribution is -0.141. The van der Waals surface area contributed by atoms with Crippen molar-refractivity contribution in [3.8, 4) is 0 Å². The summed E-state index contributed by atoms with van der Waals surface area (Å²) in [5, 5.41) is 13.9. The molecule has 0 saturated heterocycles. The molecule has 4 fully saturated rings. The van der Waals surface area contributed by atoms with Crippen LogP contribution in [0.25, 0.3) is 10.8 Å². The number of carboxylic acid groups (broad SMARTS) is 1. The smallest absolute Gasteiger partial charge is 0.327 e. The number of aromatic nitrogens is 3. The van der Waals surface area contributed by atoms with Crippen LogP contribution in [-0.4, -0.2) is 31.5 Å². The monoisotopic (exact) mass is 474 g/mol. The normalized spacial score (nSPS) is 27.7. The number of anilines is 1. The number of nitrogens with zero attached hydrogens (tertiary/aromatic N) is 2. The van der Waals surface area contributed by atoms with E-state index in [0.29, 0.717) is 28.6 Å². The largest absolute Gasteiger partial charge is 0.480 e. The molecule has 1 atom stereocenters. The molecule has 1 amide bonds. The van der Waals surface area contributed by atoms with E-state index in [9.17, 15) is 19.5 Å². The number of carbonyl (C=O) groups is 2. The van der Waals surface area contributed by atoms with Crippen molar-refractivity contribution in [2.75, 3.05) is 5.32 Å². The number of H-pyrrole nitrogens is 1. The van der Waals surface area contributed by atoms with Crippen LogP contribution in [0.2, 0.25) is 0 Å². The van der Waals surface area contributed by atoms with Gasteiger partial charge in [0, 0.05) is 47.4 Å². The van der Waals surface area contributed by atoms with E-state index in [1.54, 1.807) is 24.4 Å². The van der Waals surface area contributed by atoms with Gasteiger partial charge in [-0.25, -0.2) is 9.78 Å². The maximum absolute atomic E-state index is 13.3. The first kappa shape index (κ1) is 22.1. The highest BCUT2D eigenvalue weighted by molar-refractivity contribution is 6.02. The number of amides is 1. The fraction of sp³-hybridized carbons (Fsp3) is 0.481. The minimum atomic E-state index is -1.10. The van der Waals surface area contributed by atoms with Crippen LogP contribution in [0.4, 0.5) is 5.69 Å². The SMILES string of the molecule is O=C(CC12CC3CC(CC(C3)C1)C2)Nc1cccc2c(=O)n([C@H](Cc3cnc[nH]3)C(=O)O)ccc12. The number of carbonyl (C=O) groups excluding carboxylic acids is 1.